The molecule has 3 aliphatic rings. The average molecular weight is 495 g/mol. The van der Waals surface area contributed by atoms with Crippen LogP contribution in [0.2, 0.25) is 0 Å². The van der Waals surface area contributed by atoms with E-state index in [1.54, 1.807) is 11.8 Å². The van der Waals surface area contributed by atoms with Gasteiger partial charge in [-0.1, -0.05) is 48.5 Å². The van der Waals surface area contributed by atoms with E-state index in [-0.39, 0.29) is 36.9 Å². The zero-order chi connectivity index (χ0) is 24.6. The Balaban J connectivity index is 1.18. The Bertz CT molecular complexity index is 1110. The molecule has 0 aromatic heterocycles. The van der Waals surface area contributed by atoms with Crippen LogP contribution in [-0.4, -0.2) is 65.7 Å². The highest BCUT2D eigenvalue weighted by molar-refractivity contribution is 7.98. The minimum Gasteiger partial charge on any atom is -0.480 e. The molecular weight excluding hydrogens is 464 g/mol. The van der Waals surface area contributed by atoms with E-state index in [2.05, 4.69) is 29.6 Å². The van der Waals surface area contributed by atoms with Crippen molar-refractivity contribution in [3.8, 4) is 11.1 Å². The van der Waals surface area contributed by atoms with Crippen LogP contribution in [0.15, 0.2) is 48.5 Å². The highest BCUT2D eigenvalue weighted by Crippen LogP contribution is 2.64. The lowest BCUT2D eigenvalue weighted by Crippen LogP contribution is -2.43. The SMILES string of the molecule is CSCCN(CC(=O)O)C(=O)[C@@]12C[C@@H](NC(=O)OCC3c4ccccc4-c4ccccc43)C[C@@H]1C2. The summed E-state index contributed by atoms with van der Waals surface area (Å²) in [6.45, 7) is 0.394. The zero-order valence-corrected chi connectivity index (χ0v) is 20.6. The molecule has 3 atom stereocenters. The van der Waals surface area contributed by atoms with Gasteiger partial charge >= 0.3 is 12.1 Å². The lowest BCUT2D eigenvalue weighted by atomic mass is 9.98. The Kier molecular flexibility index (Phi) is 6.49. The van der Waals surface area contributed by atoms with Crippen LogP contribution in [0.3, 0.4) is 0 Å². The molecule has 5 rings (SSSR count). The average Bonchev–Trinajstić information content (AvgIpc) is 3.27. The lowest BCUT2D eigenvalue weighted by molar-refractivity contribution is -0.147. The molecule has 2 fully saturated rings. The number of alkyl carbamates (subject to hydrolysis) is 1. The molecule has 8 heteroatoms. The highest BCUT2D eigenvalue weighted by Gasteiger charge is 2.66. The van der Waals surface area contributed by atoms with Crippen molar-refractivity contribution in [1.29, 1.82) is 0 Å². The van der Waals surface area contributed by atoms with Crippen LogP contribution in [0, 0.1) is 11.3 Å². The summed E-state index contributed by atoms with van der Waals surface area (Å²) in [5, 5.41) is 12.2. The molecule has 0 aliphatic heterocycles. The van der Waals surface area contributed by atoms with Crippen molar-refractivity contribution in [3.05, 3.63) is 59.7 Å². The number of nitrogens with one attached hydrogen (secondary N) is 1. The number of amides is 2. The van der Waals surface area contributed by atoms with Gasteiger partial charge in [0.15, 0.2) is 0 Å². The number of aliphatic carboxylic acids is 1. The monoisotopic (exact) mass is 494 g/mol. The van der Waals surface area contributed by atoms with E-state index in [9.17, 15) is 19.5 Å². The maximum absolute atomic E-state index is 13.2. The molecule has 0 radical (unpaired) electrons. The molecule has 0 unspecified atom stereocenters. The smallest absolute Gasteiger partial charge is 0.407 e. The van der Waals surface area contributed by atoms with Gasteiger partial charge < -0.3 is 20.1 Å². The van der Waals surface area contributed by atoms with E-state index in [1.165, 1.54) is 16.0 Å². The Morgan fingerprint density at radius 3 is 2.37 bits per heavy atom. The highest BCUT2D eigenvalue weighted by atomic mass is 32.2. The van der Waals surface area contributed by atoms with Gasteiger partial charge in [-0.25, -0.2) is 4.79 Å². The van der Waals surface area contributed by atoms with E-state index >= 15 is 0 Å². The first-order chi connectivity index (χ1) is 16.9. The van der Waals surface area contributed by atoms with Crippen LogP contribution >= 0.6 is 11.8 Å². The fraction of sp³-hybridized carbons (Fsp3) is 0.444. The molecule has 0 saturated heterocycles. The van der Waals surface area contributed by atoms with Crippen molar-refractivity contribution in [2.45, 2.75) is 31.2 Å². The number of hydrogen-bond donors (Lipinski definition) is 2. The summed E-state index contributed by atoms with van der Waals surface area (Å²) in [5.41, 5.74) is 4.16. The van der Waals surface area contributed by atoms with Crippen LogP contribution in [0.1, 0.15) is 36.3 Å². The van der Waals surface area contributed by atoms with Crippen molar-refractivity contribution in [2.24, 2.45) is 11.3 Å². The molecule has 184 valence electrons. The van der Waals surface area contributed by atoms with Crippen molar-refractivity contribution < 1.29 is 24.2 Å². The van der Waals surface area contributed by atoms with E-state index in [0.717, 1.165) is 24.0 Å². The first kappa shape index (κ1) is 23.7. The molecule has 7 nitrogen and oxygen atoms in total. The number of carboxylic acid groups (broad SMARTS) is 1. The summed E-state index contributed by atoms with van der Waals surface area (Å²) in [6.07, 6.45) is 3.50. The molecule has 2 N–H and O–H groups in total. The Hall–Kier alpha value is -3.00. The van der Waals surface area contributed by atoms with Gasteiger partial charge in [-0.05, 0) is 53.7 Å². The largest absolute Gasteiger partial charge is 0.480 e. The third kappa shape index (κ3) is 4.51. The summed E-state index contributed by atoms with van der Waals surface area (Å²) < 4.78 is 5.67. The number of thioether (sulfide) groups is 1. The predicted octanol–water partition coefficient (Wildman–Crippen LogP) is 3.97. The standard InChI is InChI=1S/C27H30N2O5S/c1-35-11-10-29(15-24(30)31)25(32)27-13-17(27)12-18(14-27)28-26(33)34-16-23-21-8-4-2-6-19(21)20-7-3-5-9-22(20)23/h2-9,17-18,23H,10-16H2,1H3,(H,28,33)(H,30,31)/t17-,18+,27+/m1/s1. The molecule has 0 spiro atoms. The first-order valence-corrected chi connectivity index (χ1v) is 13.4. The number of benzene rings is 2. The summed E-state index contributed by atoms with van der Waals surface area (Å²) in [5.74, 6) is -0.199. The lowest BCUT2D eigenvalue weighted by Gasteiger charge is -2.26. The summed E-state index contributed by atoms with van der Waals surface area (Å²) in [6, 6.07) is 16.3. The summed E-state index contributed by atoms with van der Waals surface area (Å²) in [7, 11) is 0. The van der Waals surface area contributed by atoms with Crippen molar-refractivity contribution >= 4 is 29.7 Å². The Morgan fingerprint density at radius 1 is 1.09 bits per heavy atom. The van der Waals surface area contributed by atoms with Crippen LogP contribution in [0.25, 0.3) is 11.1 Å². The van der Waals surface area contributed by atoms with Crippen LogP contribution < -0.4 is 5.32 Å². The molecule has 0 bridgehead atoms. The number of rotatable bonds is 9. The molecule has 0 heterocycles. The maximum Gasteiger partial charge on any atom is 0.407 e. The van der Waals surface area contributed by atoms with Gasteiger partial charge in [-0.2, -0.15) is 11.8 Å². The van der Waals surface area contributed by atoms with E-state index in [1.807, 2.05) is 30.5 Å². The van der Waals surface area contributed by atoms with Crippen molar-refractivity contribution in [3.63, 3.8) is 0 Å². The van der Waals surface area contributed by atoms with Crippen LogP contribution in [0.5, 0.6) is 0 Å². The third-order valence-electron chi connectivity index (χ3n) is 7.68. The number of ether oxygens (including phenoxy) is 1. The van der Waals surface area contributed by atoms with Gasteiger partial charge in [0, 0.05) is 24.3 Å². The van der Waals surface area contributed by atoms with Crippen LogP contribution in [-0.2, 0) is 14.3 Å². The normalized spacial score (nSPS) is 23.7. The predicted molar refractivity (Wildman–Crippen MR) is 134 cm³/mol. The van der Waals surface area contributed by atoms with Gasteiger partial charge in [-0.3, -0.25) is 9.59 Å². The molecule has 2 aromatic rings. The topological polar surface area (TPSA) is 95.9 Å². The molecule has 2 amide bonds. The van der Waals surface area contributed by atoms with Crippen molar-refractivity contribution in [1.82, 2.24) is 10.2 Å². The number of hydrogen-bond acceptors (Lipinski definition) is 5. The molecular formula is C27H30N2O5S. The Morgan fingerprint density at radius 2 is 1.74 bits per heavy atom. The third-order valence-corrected chi connectivity index (χ3v) is 8.27. The van der Waals surface area contributed by atoms with E-state index in [0.29, 0.717) is 18.7 Å². The maximum atomic E-state index is 13.2. The summed E-state index contributed by atoms with van der Waals surface area (Å²) >= 11 is 1.59. The number of nitrogens with zero attached hydrogens (tertiary/aromatic N) is 1. The van der Waals surface area contributed by atoms with Crippen LogP contribution in [0.4, 0.5) is 4.79 Å². The number of carbonyl (C=O) groups is 3. The van der Waals surface area contributed by atoms with Crippen molar-refractivity contribution in [2.75, 3.05) is 31.7 Å². The number of carbonyl (C=O) groups excluding carboxylic acids is 2. The van der Waals surface area contributed by atoms with Gasteiger partial charge in [0.1, 0.15) is 13.2 Å². The Labute approximate surface area is 209 Å². The fourth-order valence-electron chi connectivity index (χ4n) is 6.00. The second-order valence-electron chi connectivity index (χ2n) is 9.78. The van der Waals surface area contributed by atoms with E-state index in [4.69, 9.17) is 4.74 Å². The van der Waals surface area contributed by atoms with Gasteiger partial charge in [-0.15, -0.1) is 0 Å². The molecule has 2 saturated carbocycles. The fourth-order valence-corrected chi connectivity index (χ4v) is 6.41. The minimum absolute atomic E-state index is 0.000867. The van der Waals surface area contributed by atoms with Gasteiger partial charge in [0.05, 0.1) is 5.41 Å². The molecule has 2 aromatic carbocycles. The second kappa shape index (κ2) is 9.57. The first-order valence-electron chi connectivity index (χ1n) is 12.0. The minimum atomic E-state index is -1.00. The number of fused-ring (bicyclic) bond motifs is 4. The zero-order valence-electron chi connectivity index (χ0n) is 19.7. The second-order valence-corrected chi connectivity index (χ2v) is 10.8. The van der Waals surface area contributed by atoms with E-state index < -0.39 is 17.5 Å². The quantitative estimate of drug-likeness (QED) is 0.548. The molecule has 3 aliphatic carbocycles. The van der Waals surface area contributed by atoms with Gasteiger partial charge in [0.2, 0.25) is 5.91 Å². The summed E-state index contributed by atoms with van der Waals surface area (Å²) in [4.78, 5) is 38.7. The number of carboxylic acids is 1. The molecule has 35 heavy (non-hydrogen) atoms. The van der Waals surface area contributed by atoms with Gasteiger partial charge in [0.25, 0.3) is 0 Å².